The molecule has 0 saturated carbocycles. The van der Waals surface area contributed by atoms with Crippen LogP contribution in [-0.4, -0.2) is 39.3 Å². The molecule has 10 nitrogen and oxygen atoms in total. The lowest BCUT2D eigenvalue weighted by Crippen LogP contribution is -2.21. The molecule has 0 unspecified atom stereocenters. The van der Waals surface area contributed by atoms with Crippen LogP contribution in [0, 0.1) is 30.3 Å². The monoisotopic (exact) mass is 346 g/mol. The molecule has 0 bridgehead atoms. The lowest BCUT2D eigenvalue weighted by atomic mass is 10.2. The minimum atomic E-state index is -0.970. The number of nitrogens with zero attached hydrogens (tertiary/aromatic N) is 4. The van der Waals surface area contributed by atoms with Crippen molar-refractivity contribution in [2.75, 3.05) is 19.6 Å². The van der Waals surface area contributed by atoms with Gasteiger partial charge in [-0.3, -0.25) is 30.3 Å². The number of hydrogen-bond acceptors (Lipinski definition) is 8. The smallest absolute Gasteiger partial charge is 0.296 e. The quantitative estimate of drug-likeness (QED) is 0.475. The number of non-ortho nitro benzene ring substituents is 1. The van der Waals surface area contributed by atoms with E-state index >= 15 is 0 Å². The van der Waals surface area contributed by atoms with Gasteiger partial charge in [-0.25, -0.2) is 0 Å². The number of benzene rings is 1. The number of nitro groups is 3. The SMILES string of the molecule is CCN(CC)CC.O=[N+]([O-])c1cc([N+](=O)[O-])c(S)c([N+](=O)[O-])c1. The molecule has 0 heterocycles. The highest BCUT2D eigenvalue weighted by molar-refractivity contribution is 7.80. The molecular formula is C12H18N4O6S. The fourth-order valence-corrected chi connectivity index (χ4v) is 1.94. The molecule has 1 aromatic carbocycles. The largest absolute Gasteiger partial charge is 0.304 e. The highest BCUT2D eigenvalue weighted by atomic mass is 32.1. The molecule has 1 rings (SSSR count). The Kier molecular flexibility index (Phi) is 8.73. The Hall–Kier alpha value is -2.27. The highest BCUT2D eigenvalue weighted by Crippen LogP contribution is 2.35. The van der Waals surface area contributed by atoms with Gasteiger partial charge in [0.2, 0.25) is 0 Å². The average molecular weight is 346 g/mol. The third kappa shape index (κ3) is 6.16. The van der Waals surface area contributed by atoms with Crippen LogP contribution in [0.2, 0.25) is 0 Å². The van der Waals surface area contributed by atoms with Gasteiger partial charge in [-0.15, -0.1) is 12.6 Å². The Bertz CT molecular complexity index is 550. The van der Waals surface area contributed by atoms with Crippen LogP contribution in [0.5, 0.6) is 0 Å². The van der Waals surface area contributed by atoms with Crippen molar-refractivity contribution in [3.8, 4) is 0 Å². The van der Waals surface area contributed by atoms with E-state index in [1.807, 2.05) is 0 Å². The molecule has 0 amide bonds. The molecule has 0 aliphatic carbocycles. The zero-order valence-corrected chi connectivity index (χ0v) is 13.9. The number of hydrogen-bond donors (Lipinski definition) is 1. The van der Waals surface area contributed by atoms with Crippen LogP contribution in [0.3, 0.4) is 0 Å². The first-order valence-corrected chi connectivity index (χ1v) is 7.16. The number of rotatable bonds is 6. The second kappa shape index (κ2) is 9.69. The third-order valence-corrected chi connectivity index (χ3v) is 3.46. The van der Waals surface area contributed by atoms with Gasteiger partial charge in [0.25, 0.3) is 17.1 Å². The van der Waals surface area contributed by atoms with Crippen LogP contribution in [-0.2, 0) is 0 Å². The Labute approximate surface area is 138 Å². The van der Waals surface area contributed by atoms with Crippen molar-refractivity contribution in [1.29, 1.82) is 0 Å². The predicted octanol–water partition coefficient (Wildman–Crippen LogP) is 3.05. The van der Waals surface area contributed by atoms with Gasteiger partial charge >= 0.3 is 0 Å². The molecular weight excluding hydrogens is 328 g/mol. The molecule has 0 fully saturated rings. The van der Waals surface area contributed by atoms with Crippen LogP contribution in [0.15, 0.2) is 17.0 Å². The van der Waals surface area contributed by atoms with Crippen molar-refractivity contribution in [2.45, 2.75) is 25.7 Å². The molecule has 0 radical (unpaired) electrons. The van der Waals surface area contributed by atoms with Gasteiger partial charge in [-0.2, -0.15) is 0 Å². The van der Waals surface area contributed by atoms with E-state index in [0.717, 1.165) is 0 Å². The van der Waals surface area contributed by atoms with Crippen LogP contribution in [0.1, 0.15) is 20.8 Å². The molecule has 0 aliphatic rings. The topological polar surface area (TPSA) is 133 Å². The maximum Gasteiger partial charge on any atom is 0.296 e. The molecule has 0 N–H and O–H groups in total. The Morgan fingerprint density at radius 2 is 1.22 bits per heavy atom. The molecule has 0 aliphatic heterocycles. The van der Waals surface area contributed by atoms with Crippen LogP contribution in [0.4, 0.5) is 17.1 Å². The summed E-state index contributed by atoms with van der Waals surface area (Å²) < 4.78 is 0. The Morgan fingerprint density at radius 3 is 1.39 bits per heavy atom. The van der Waals surface area contributed by atoms with E-state index < -0.39 is 36.7 Å². The minimum Gasteiger partial charge on any atom is -0.304 e. The molecule has 11 heteroatoms. The third-order valence-electron chi connectivity index (χ3n) is 3.00. The van der Waals surface area contributed by atoms with Crippen LogP contribution >= 0.6 is 12.6 Å². The van der Waals surface area contributed by atoms with Crippen LogP contribution in [0.25, 0.3) is 0 Å². The maximum atomic E-state index is 10.5. The van der Waals surface area contributed by atoms with Crippen molar-refractivity contribution in [2.24, 2.45) is 0 Å². The molecule has 1 aromatic rings. The first-order valence-electron chi connectivity index (χ1n) is 6.71. The minimum absolute atomic E-state index is 0.513. The van der Waals surface area contributed by atoms with Crippen molar-refractivity contribution in [3.05, 3.63) is 42.5 Å². The first kappa shape index (κ1) is 20.7. The molecule has 0 atom stereocenters. The van der Waals surface area contributed by atoms with Gasteiger partial charge in [0.05, 0.1) is 26.9 Å². The number of nitro benzene ring substituents is 3. The van der Waals surface area contributed by atoms with Gasteiger partial charge in [-0.1, -0.05) is 20.8 Å². The van der Waals surface area contributed by atoms with Crippen molar-refractivity contribution >= 4 is 29.7 Å². The molecule has 0 saturated heterocycles. The Morgan fingerprint density at radius 1 is 0.870 bits per heavy atom. The summed E-state index contributed by atoms with van der Waals surface area (Å²) in [5, 5.41) is 31.4. The summed E-state index contributed by atoms with van der Waals surface area (Å²) in [6, 6.07) is 1.24. The maximum absolute atomic E-state index is 10.5. The van der Waals surface area contributed by atoms with E-state index in [2.05, 4.69) is 38.3 Å². The van der Waals surface area contributed by atoms with Crippen molar-refractivity contribution in [3.63, 3.8) is 0 Å². The summed E-state index contributed by atoms with van der Waals surface area (Å²) in [6.07, 6.45) is 0. The highest BCUT2D eigenvalue weighted by Gasteiger charge is 2.28. The molecule has 128 valence electrons. The van der Waals surface area contributed by atoms with Gasteiger partial charge < -0.3 is 4.90 Å². The summed E-state index contributed by atoms with van der Waals surface area (Å²) in [6.45, 7) is 10.1. The Balaban J connectivity index is 0.000000585. The summed E-state index contributed by atoms with van der Waals surface area (Å²) in [7, 11) is 0. The zero-order valence-electron chi connectivity index (χ0n) is 13.0. The lowest BCUT2D eigenvalue weighted by Gasteiger charge is -2.13. The summed E-state index contributed by atoms with van der Waals surface area (Å²) in [4.78, 5) is 30.3. The summed E-state index contributed by atoms with van der Waals surface area (Å²) in [5.41, 5.74) is -2.27. The van der Waals surface area contributed by atoms with Gasteiger partial charge in [0.15, 0.2) is 4.90 Å². The number of thiol groups is 1. The molecule has 0 spiro atoms. The first-order chi connectivity index (χ1) is 10.7. The van der Waals surface area contributed by atoms with Gasteiger partial charge in [0, 0.05) is 0 Å². The van der Waals surface area contributed by atoms with E-state index in [1.165, 1.54) is 19.6 Å². The average Bonchev–Trinajstić information content (AvgIpc) is 2.49. The second-order valence-electron chi connectivity index (χ2n) is 4.22. The fraction of sp³-hybridized carbons (Fsp3) is 0.500. The predicted molar refractivity (Wildman–Crippen MR) is 87.1 cm³/mol. The summed E-state index contributed by atoms with van der Waals surface area (Å²) >= 11 is 3.60. The molecule has 0 aromatic heterocycles. The van der Waals surface area contributed by atoms with Crippen molar-refractivity contribution in [1.82, 2.24) is 4.90 Å². The zero-order chi connectivity index (χ0) is 18.2. The van der Waals surface area contributed by atoms with Gasteiger partial charge in [0.1, 0.15) is 0 Å². The van der Waals surface area contributed by atoms with E-state index in [0.29, 0.717) is 12.1 Å². The van der Waals surface area contributed by atoms with Gasteiger partial charge in [-0.05, 0) is 19.6 Å². The normalized spacial score (nSPS) is 9.96. The second-order valence-corrected chi connectivity index (χ2v) is 4.67. The molecule has 23 heavy (non-hydrogen) atoms. The summed E-state index contributed by atoms with van der Waals surface area (Å²) in [5.74, 6) is 0. The lowest BCUT2D eigenvalue weighted by molar-refractivity contribution is -0.407. The fourth-order valence-electron chi connectivity index (χ4n) is 1.64. The van der Waals surface area contributed by atoms with E-state index in [9.17, 15) is 30.3 Å². The van der Waals surface area contributed by atoms with Crippen molar-refractivity contribution < 1.29 is 14.8 Å². The van der Waals surface area contributed by atoms with E-state index in [1.54, 1.807) is 0 Å². The van der Waals surface area contributed by atoms with E-state index in [-0.39, 0.29) is 0 Å². The van der Waals surface area contributed by atoms with E-state index in [4.69, 9.17) is 0 Å². The standard InChI is InChI=1S/C6H3N3O6S.C6H15N/c10-7(11)3-1-4(8(12)13)6(16)5(2-3)9(14)15;1-4-7(5-2)6-3/h1-2,16H;4-6H2,1-3H3. The van der Waals surface area contributed by atoms with Crippen LogP contribution < -0.4 is 0 Å².